The SMILES string of the molecule is CC(NC(=O)N[C@H](CC(=O)O)C(=O)O)c1ncn[nH]1. The average molecular weight is 271 g/mol. The minimum absolute atomic E-state index is 0.389. The van der Waals surface area contributed by atoms with Crippen LogP contribution in [0, 0.1) is 0 Å². The Balaban J connectivity index is 2.53. The van der Waals surface area contributed by atoms with Crippen LogP contribution in [0.2, 0.25) is 0 Å². The van der Waals surface area contributed by atoms with Gasteiger partial charge in [-0.15, -0.1) is 0 Å². The Morgan fingerprint density at radius 1 is 1.37 bits per heavy atom. The number of aromatic amines is 1. The van der Waals surface area contributed by atoms with Crippen molar-refractivity contribution in [3.8, 4) is 0 Å². The van der Waals surface area contributed by atoms with E-state index in [0.29, 0.717) is 5.82 Å². The van der Waals surface area contributed by atoms with Crippen LogP contribution in [-0.2, 0) is 9.59 Å². The molecule has 0 aliphatic rings. The Hall–Kier alpha value is -2.65. The number of amides is 2. The minimum atomic E-state index is -1.50. The van der Waals surface area contributed by atoms with Crippen LogP contribution < -0.4 is 10.6 Å². The summed E-state index contributed by atoms with van der Waals surface area (Å²) in [4.78, 5) is 36.5. The number of carbonyl (C=O) groups excluding carboxylic acids is 1. The van der Waals surface area contributed by atoms with E-state index in [1.54, 1.807) is 6.92 Å². The molecule has 0 aliphatic heterocycles. The zero-order chi connectivity index (χ0) is 14.4. The van der Waals surface area contributed by atoms with Crippen molar-refractivity contribution >= 4 is 18.0 Å². The molecule has 1 rings (SSSR count). The molecule has 1 heterocycles. The van der Waals surface area contributed by atoms with Crippen molar-refractivity contribution in [3.63, 3.8) is 0 Å². The van der Waals surface area contributed by atoms with Crippen molar-refractivity contribution in [1.82, 2.24) is 25.8 Å². The van der Waals surface area contributed by atoms with Crippen molar-refractivity contribution < 1.29 is 24.6 Å². The molecule has 0 fully saturated rings. The maximum absolute atomic E-state index is 11.5. The summed E-state index contributed by atoms with van der Waals surface area (Å²) >= 11 is 0. The van der Waals surface area contributed by atoms with Gasteiger partial charge < -0.3 is 20.8 Å². The molecule has 0 radical (unpaired) electrons. The van der Waals surface area contributed by atoms with Gasteiger partial charge in [-0.05, 0) is 6.92 Å². The van der Waals surface area contributed by atoms with E-state index in [-0.39, 0.29) is 0 Å². The quantitative estimate of drug-likeness (QED) is 0.448. The summed E-state index contributed by atoms with van der Waals surface area (Å²) in [5.41, 5.74) is 0. The molecule has 0 saturated carbocycles. The van der Waals surface area contributed by atoms with Crippen LogP contribution in [0.1, 0.15) is 25.2 Å². The van der Waals surface area contributed by atoms with Crippen LogP contribution in [-0.4, -0.2) is 49.4 Å². The molecule has 1 unspecified atom stereocenters. The number of H-pyrrole nitrogens is 1. The number of nitrogens with one attached hydrogen (secondary N) is 3. The van der Waals surface area contributed by atoms with E-state index >= 15 is 0 Å². The predicted molar refractivity (Wildman–Crippen MR) is 60.1 cm³/mol. The highest BCUT2D eigenvalue weighted by molar-refractivity contribution is 5.86. The molecule has 0 saturated heterocycles. The predicted octanol–water partition coefficient (Wildman–Crippen LogP) is -0.907. The summed E-state index contributed by atoms with van der Waals surface area (Å²) in [6, 6.07) is -2.83. The van der Waals surface area contributed by atoms with Gasteiger partial charge in [0.25, 0.3) is 0 Å². The fourth-order valence-corrected chi connectivity index (χ4v) is 1.26. The minimum Gasteiger partial charge on any atom is -0.481 e. The van der Waals surface area contributed by atoms with Gasteiger partial charge in [-0.25, -0.2) is 14.6 Å². The number of hydrogen-bond acceptors (Lipinski definition) is 5. The first-order valence-corrected chi connectivity index (χ1v) is 5.27. The summed E-state index contributed by atoms with van der Waals surface area (Å²) < 4.78 is 0. The number of aromatic nitrogens is 3. The van der Waals surface area contributed by atoms with Gasteiger partial charge in [-0.2, -0.15) is 5.10 Å². The zero-order valence-electron chi connectivity index (χ0n) is 9.95. The second-order valence-electron chi connectivity index (χ2n) is 3.70. The first-order valence-electron chi connectivity index (χ1n) is 5.27. The zero-order valence-corrected chi connectivity index (χ0v) is 9.95. The first kappa shape index (κ1) is 14.4. The summed E-state index contributed by atoms with van der Waals surface area (Å²) in [5.74, 6) is -2.36. The Labute approximate surface area is 107 Å². The molecule has 0 aliphatic carbocycles. The Morgan fingerprint density at radius 3 is 2.53 bits per heavy atom. The van der Waals surface area contributed by atoms with Gasteiger partial charge in [0, 0.05) is 0 Å². The number of rotatable bonds is 6. The monoisotopic (exact) mass is 271 g/mol. The lowest BCUT2D eigenvalue weighted by Crippen LogP contribution is -2.47. The molecule has 2 atom stereocenters. The summed E-state index contributed by atoms with van der Waals surface area (Å²) in [6.45, 7) is 1.60. The molecular weight excluding hydrogens is 258 g/mol. The number of urea groups is 1. The van der Waals surface area contributed by atoms with E-state index in [4.69, 9.17) is 10.2 Å². The number of carboxylic acids is 2. The maximum atomic E-state index is 11.5. The number of nitrogens with zero attached hydrogens (tertiary/aromatic N) is 2. The van der Waals surface area contributed by atoms with Gasteiger partial charge >= 0.3 is 18.0 Å². The van der Waals surface area contributed by atoms with Crippen LogP contribution in [0.3, 0.4) is 0 Å². The van der Waals surface area contributed by atoms with Crippen molar-refractivity contribution in [2.24, 2.45) is 0 Å². The summed E-state index contributed by atoms with van der Waals surface area (Å²) in [7, 11) is 0. The molecule has 10 nitrogen and oxygen atoms in total. The lowest BCUT2D eigenvalue weighted by atomic mass is 10.2. The highest BCUT2D eigenvalue weighted by Crippen LogP contribution is 2.03. The van der Waals surface area contributed by atoms with Crippen molar-refractivity contribution in [3.05, 3.63) is 12.2 Å². The highest BCUT2D eigenvalue weighted by Gasteiger charge is 2.23. The van der Waals surface area contributed by atoms with E-state index in [2.05, 4.69) is 20.5 Å². The van der Waals surface area contributed by atoms with E-state index < -0.39 is 36.5 Å². The third-order valence-corrected chi connectivity index (χ3v) is 2.17. The third-order valence-electron chi connectivity index (χ3n) is 2.17. The lowest BCUT2D eigenvalue weighted by molar-refractivity contribution is -0.145. The summed E-state index contributed by atoms with van der Waals surface area (Å²) in [6.07, 6.45) is 0.551. The summed E-state index contributed by atoms with van der Waals surface area (Å²) in [5, 5.41) is 27.9. The topological polar surface area (TPSA) is 157 Å². The normalized spacial score (nSPS) is 13.3. The van der Waals surface area contributed by atoms with Gasteiger partial charge in [0.2, 0.25) is 0 Å². The van der Waals surface area contributed by atoms with E-state index in [1.165, 1.54) is 6.33 Å². The number of carbonyl (C=O) groups is 3. The van der Waals surface area contributed by atoms with E-state index in [9.17, 15) is 14.4 Å². The van der Waals surface area contributed by atoms with Crippen LogP contribution in [0.15, 0.2) is 6.33 Å². The highest BCUT2D eigenvalue weighted by atomic mass is 16.4. The van der Waals surface area contributed by atoms with E-state index in [1.807, 2.05) is 5.32 Å². The molecule has 10 heteroatoms. The third kappa shape index (κ3) is 4.61. The molecule has 5 N–H and O–H groups in total. The van der Waals surface area contributed by atoms with Crippen molar-refractivity contribution in [2.45, 2.75) is 25.4 Å². The van der Waals surface area contributed by atoms with Gasteiger partial charge in [0.1, 0.15) is 18.2 Å². The fourth-order valence-electron chi connectivity index (χ4n) is 1.26. The molecule has 2 amide bonds. The smallest absolute Gasteiger partial charge is 0.326 e. The molecule has 0 aromatic carbocycles. The second-order valence-corrected chi connectivity index (χ2v) is 3.70. The van der Waals surface area contributed by atoms with Crippen LogP contribution >= 0.6 is 0 Å². The number of carboxylic acid groups (broad SMARTS) is 2. The van der Waals surface area contributed by atoms with Crippen LogP contribution in [0.25, 0.3) is 0 Å². The first-order chi connectivity index (χ1) is 8.90. The van der Waals surface area contributed by atoms with Crippen molar-refractivity contribution in [2.75, 3.05) is 0 Å². The second kappa shape index (κ2) is 6.33. The Morgan fingerprint density at radius 2 is 2.05 bits per heavy atom. The van der Waals surface area contributed by atoms with Gasteiger partial charge in [-0.3, -0.25) is 9.89 Å². The Bertz CT molecular complexity index is 460. The van der Waals surface area contributed by atoms with Gasteiger partial charge in [0.15, 0.2) is 0 Å². The maximum Gasteiger partial charge on any atom is 0.326 e. The largest absolute Gasteiger partial charge is 0.481 e. The van der Waals surface area contributed by atoms with Gasteiger partial charge in [0.05, 0.1) is 12.5 Å². The number of aliphatic carboxylic acids is 2. The molecule has 0 spiro atoms. The molecule has 104 valence electrons. The molecule has 19 heavy (non-hydrogen) atoms. The van der Waals surface area contributed by atoms with E-state index in [0.717, 1.165) is 0 Å². The van der Waals surface area contributed by atoms with Crippen LogP contribution in [0.5, 0.6) is 0 Å². The Kier molecular flexibility index (Phi) is 4.80. The van der Waals surface area contributed by atoms with Crippen molar-refractivity contribution in [1.29, 1.82) is 0 Å². The molecule has 1 aromatic heterocycles. The standard InChI is InChI=1S/C9H13N5O5/c1-4(7-10-3-11-14-7)12-9(19)13-5(8(17)18)2-6(15)16/h3-5H,2H2,1H3,(H,15,16)(H,17,18)(H,10,11,14)(H2,12,13,19)/t4?,5-/m1/s1. The molecular formula is C9H13N5O5. The average Bonchev–Trinajstić information content (AvgIpc) is 2.80. The molecule has 1 aromatic rings. The molecule has 0 bridgehead atoms. The number of hydrogen-bond donors (Lipinski definition) is 5. The van der Waals surface area contributed by atoms with Gasteiger partial charge in [-0.1, -0.05) is 0 Å². The fraction of sp³-hybridized carbons (Fsp3) is 0.444. The lowest BCUT2D eigenvalue weighted by Gasteiger charge is -2.15. The van der Waals surface area contributed by atoms with Crippen LogP contribution in [0.4, 0.5) is 4.79 Å².